The summed E-state index contributed by atoms with van der Waals surface area (Å²) in [5, 5.41) is 3.60. The van der Waals surface area contributed by atoms with Crippen molar-refractivity contribution in [2.24, 2.45) is 0 Å². The van der Waals surface area contributed by atoms with Gasteiger partial charge in [0.05, 0.1) is 16.6 Å². The lowest BCUT2D eigenvalue weighted by Crippen LogP contribution is -2.35. The molecule has 2 heterocycles. The first-order valence-corrected chi connectivity index (χ1v) is 8.52. The maximum absolute atomic E-state index is 13.9. The van der Waals surface area contributed by atoms with Crippen LogP contribution in [0.5, 0.6) is 0 Å². The summed E-state index contributed by atoms with van der Waals surface area (Å²) < 4.78 is 19.3. The van der Waals surface area contributed by atoms with Gasteiger partial charge in [0.2, 0.25) is 5.91 Å². The van der Waals surface area contributed by atoms with E-state index in [0.29, 0.717) is 17.2 Å². The van der Waals surface area contributed by atoms with Crippen molar-refractivity contribution < 1.29 is 13.9 Å². The number of hydrogen-bond donors (Lipinski definition) is 1. The first kappa shape index (κ1) is 16.1. The smallest absolute Gasteiger partial charge is 0.249 e. The van der Waals surface area contributed by atoms with E-state index in [9.17, 15) is 9.18 Å². The number of ether oxygens (including phenoxy) is 1. The van der Waals surface area contributed by atoms with Crippen LogP contribution in [-0.2, 0) is 9.53 Å². The molecule has 1 aliphatic rings. The third kappa shape index (κ3) is 3.43. The molecule has 2 atom stereocenters. The molecule has 3 rings (SSSR count). The standard InChI is InChI=1S/C17H19FN2O2S/c1-10(19-16(21)14-8-5-9-22-14)15-11(2)20-17(23-15)12-6-3-4-7-13(12)18/h3-4,6-7,10,14H,5,8-9H2,1-2H3,(H,19,21)/t10-,14+/m0/s1. The second kappa shape index (κ2) is 6.76. The van der Waals surface area contributed by atoms with Crippen LogP contribution in [-0.4, -0.2) is 23.6 Å². The second-order valence-corrected chi connectivity index (χ2v) is 6.71. The Labute approximate surface area is 138 Å². The molecular weight excluding hydrogens is 315 g/mol. The number of aromatic nitrogens is 1. The fourth-order valence-corrected chi connectivity index (χ4v) is 3.81. The zero-order valence-corrected chi connectivity index (χ0v) is 14.0. The summed E-state index contributed by atoms with van der Waals surface area (Å²) in [7, 11) is 0. The molecule has 122 valence electrons. The maximum Gasteiger partial charge on any atom is 0.249 e. The van der Waals surface area contributed by atoms with Crippen molar-refractivity contribution in [2.75, 3.05) is 6.61 Å². The number of aryl methyl sites for hydroxylation is 1. The molecule has 1 aliphatic heterocycles. The van der Waals surface area contributed by atoms with Gasteiger partial charge in [0, 0.05) is 12.2 Å². The molecule has 23 heavy (non-hydrogen) atoms. The van der Waals surface area contributed by atoms with E-state index >= 15 is 0 Å². The lowest BCUT2D eigenvalue weighted by molar-refractivity contribution is -0.130. The highest BCUT2D eigenvalue weighted by Crippen LogP contribution is 2.33. The maximum atomic E-state index is 13.9. The van der Waals surface area contributed by atoms with Crippen LogP contribution in [0.3, 0.4) is 0 Å². The van der Waals surface area contributed by atoms with Gasteiger partial charge in [-0.15, -0.1) is 11.3 Å². The van der Waals surface area contributed by atoms with Gasteiger partial charge in [-0.2, -0.15) is 0 Å². The summed E-state index contributed by atoms with van der Waals surface area (Å²) in [6.07, 6.45) is 1.33. The van der Waals surface area contributed by atoms with Gasteiger partial charge >= 0.3 is 0 Å². The monoisotopic (exact) mass is 334 g/mol. The van der Waals surface area contributed by atoms with Crippen molar-refractivity contribution in [3.8, 4) is 10.6 Å². The van der Waals surface area contributed by atoms with Crippen molar-refractivity contribution >= 4 is 17.2 Å². The molecular formula is C17H19FN2O2S. The van der Waals surface area contributed by atoms with Gasteiger partial charge in [0.15, 0.2) is 0 Å². The van der Waals surface area contributed by atoms with Crippen LogP contribution in [0.15, 0.2) is 24.3 Å². The van der Waals surface area contributed by atoms with Gasteiger partial charge in [-0.1, -0.05) is 12.1 Å². The van der Waals surface area contributed by atoms with Crippen molar-refractivity contribution in [3.63, 3.8) is 0 Å². The summed E-state index contributed by atoms with van der Waals surface area (Å²) in [5.74, 6) is -0.376. The van der Waals surface area contributed by atoms with Gasteiger partial charge < -0.3 is 10.1 Å². The van der Waals surface area contributed by atoms with E-state index in [1.165, 1.54) is 17.4 Å². The molecule has 1 fully saturated rings. The Morgan fingerprint density at radius 3 is 2.96 bits per heavy atom. The molecule has 1 aromatic heterocycles. The van der Waals surface area contributed by atoms with Crippen LogP contribution in [0.25, 0.3) is 10.6 Å². The number of benzene rings is 1. The Morgan fingerprint density at radius 1 is 1.48 bits per heavy atom. The highest BCUT2D eigenvalue weighted by Gasteiger charge is 2.26. The Bertz CT molecular complexity index is 710. The van der Waals surface area contributed by atoms with E-state index in [1.54, 1.807) is 18.2 Å². The zero-order valence-electron chi connectivity index (χ0n) is 13.1. The number of carbonyl (C=O) groups excluding carboxylic acids is 1. The second-order valence-electron chi connectivity index (χ2n) is 5.68. The van der Waals surface area contributed by atoms with Crippen LogP contribution in [0.1, 0.15) is 36.4 Å². The first-order chi connectivity index (χ1) is 11.1. The Morgan fingerprint density at radius 2 is 2.26 bits per heavy atom. The van der Waals surface area contributed by atoms with E-state index in [4.69, 9.17) is 4.74 Å². The van der Waals surface area contributed by atoms with Crippen molar-refractivity contribution in [1.29, 1.82) is 0 Å². The SMILES string of the molecule is Cc1nc(-c2ccccc2F)sc1[C@H](C)NC(=O)[C@H]1CCCO1. The van der Waals surface area contributed by atoms with Crippen molar-refractivity contribution in [2.45, 2.75) is 38.8 Å². The molecule has 0 unspecified atom stereocenters. The third-order valence-electron chi connectivity index (χ3n) is 3.91. The van der Waals surface area contributed by atoms with E-state index in [-0.39, 0.29) is 23.9 Å². The number of rotatable bonds is 4. The molecule has 0 bridgehead atoms. The van der Waals surface area contributed by atoms with Crippen LogP contribution < -0.4 is 5.32 Å². The fourth-order valence-electron chi connectivity index (χ4n) is 2.72. The number of nitrogens with one attached hydrogen (secondary N) is 1. The normalized spacial score (nSPS) is 18.8. The highest BCUT2D eigenvalue weighted by molar-refractivity contribution is 7.15. The summed E-state index contributed by atoms with van der Waals surface area (Å²) in [5.41, 5.74) is 1.30. The summed E-state index contributed by atoms with van der Waals surface area (Å²) in [6, 6.07) is 6.41. The molecule has 4 nitrogen and oxygen atoms in total. The summed E-state index contributed by atoms with van der Waals surface area (Å²) in [4.78, 5) is 17.6. The Hall–Kier alpha value is -1.79. The molecule has 0 saturated carbocycles. The molecule has 1 aromatic carbocycles. The largest absolute Gasteiger partial charge is 0.368 e. The van der Waals surface area contributed by atoms with Crippen molar-refractivity contribution in [1.82, 2.24) is 10.3 Å². The number of carbonyl (C=O) groups is 1. The van der Waals surface area contributed by atoms with Crippen molar-refractivity contribution in [3.05, 3.63) is 40.7 Å². The minimum Gasteiger partial charge on any atom is -0.368 e. The van der Waals surface area contributed by atoms with E-state index in [0.717, 1.165) is 23.4 Å². The molecule has 6 heteroatoms. The van der Waals surface area contributed by atoms with Gasteiger partial charge in [-0.25, -0.2) is 9.37 Å². The predicted octanol–water partition coefficient (Wildman–Crippen LogP) is 3.61. The number of thiazole rings is 1. The fraction of sp³-hybridized carbons (Fsp3) is 0.412. The lowest BCUT2D eigenvalue weighted by Gasteiger charge is -2.16. The summed E-state index contributed by atoms with van der Waals surface area (Å²) in [6.45, 7) is 4.44. The quantitative estimate of drug-likeness (QED) is 0.929. The number of nitrogens with zero attached hydrogens (tertiary/aromatic N) is 1. The van der Waals surface area contributed by atoms with Crippen LogP contribution in [0.4, 0.5) is 4.39 Å². The minimum atomic E-state index is -0.350. The van der Waals surface area contributed by atoms with Gasteiger partial charge in [0.1, 0.15) is 16.9 Å². The molecule has 1 amide bonds. The highest BCUT2D eigenvalue weighted by atomic mass is 32.1. The average Bonchev–Trinajstić information content (AvgIpc) is 3.17. The van der Waals surface area contributed by atoms with Crippen LogP contribution in [0.2, 0.25) is 0 Å². The molecule has 1 saturated heterocycles. The predicted molar refractivity (Wildman–Crippen MR) is 87.8 cm³/mol. The molecule has 0 radical (unpaired) electrons. The van der Waals surface area contributed by atoms with Crippen LogP contribution in [0, 0.1) is 12.7 Å². The van der Waals surface area contributed by atoms with Gasteiger partial charge in [-0.05, 0) is 38.8 Å². The molecule has 1 N–H and O–H groups in total. The van der Waals surface area contributed by atoms with E-state index in [1.807, 2.05) is 13.8 Å². The number of amides is 1. The molecule has 0 aliphatic carbocycles. The van der Waals surface area contributed by atoms with Gasteiger partial charge in [-0.3, -0.25) is 4.79 Å². The zero-order chi connectivity index (χ0) is 16.4. The first-order valence-electron chi connectivity index (χ1n) is 7.70. The van der Waals surface area contributed by atoms with E-state index in [2.05, 4.69) is 10.3 Å². The Balaban J connectivity index is 1.77. The molecule has 0 spiro atoms. The van der Waals surface area contributed by atoms with Gasteiger partial charge in [0.25, 0.3) is 0 Å². The average molecular weight is 334 g/mol. The van der Waals surface area contributed by atoms with E-state index < -0.39 is 0 Å². The minimum absolute atomic E-state index is 0.0877. The molecule has 2 aromatic rings. The lowest BCUT2D eigenvalue weighted by atomic mass is 10.2. The summed E-state index contributed by atoms with van der Waals surface area (Å²) >= 11 is 1.41. The topological polar surface area (TPSA) is 51.2 Å². The van der Waals surface area contributed by atoms with Crippen LogP contribution >= 0.6 is 11.3 Å². The number of hydrogen-bond acceptors (Lipinski definition) is 4. The Kier molecular flexibility index (Phi) is 4.73. The third-order valence-corrected chi connectivity index (χ3v) is 5.28. The number of halogens is 1.